The molecule has 0 bridgehead atoms. The Labute approximate surface area is 177 Å². The minimum absolute atomic E-state index is 0.121. The molecule has 0 aromatic heterocycles. The highest BCUT2D eigenvalue weighted by atomic mass is 35.5. The first-order valence-corrected chi connectivity index (χ1v) is 9.99. The van der Waals surface area contributed by atoms with Gasteiger partial charge in [0.2, 0.25) is 0 Å². The molecule has 1 aliphatic rings. The molecule has 27 heavy (non-hydrogen) atoms. The van der Waals surface area contributed by atoms with Gasteiger partial charge in [-0.3, -0.25) is 9.69 Å². The van der Waals surface area contributed by atoms with Gasteiger partial charge in [0.25, 0.3) is 5.91 Å². The first kappa shape index (κ1) is 20.0. The van der Waals surface area contributed by atoms with E-state index in [1.807, 2.05) is 30.3 Å². The Morgan fingerprint density at radius 1 is 1.19 bits per heavy atom. The van der Waals surface area contributed by atoms with Crippen molar-refractivity contribution in [2.24, 2.45) is 0 Å². The lowest BCUT2D eigenvalue weighted by Gasteiger charge is -2.10. The highest BCUT2D eigenvalue weighted by molar-refractivity contribution is 8.26. The molecule has 2 aromatic carbocycles. The summed E-state index contributed by atoms with van der Waals surface area (Å²) < 4.78 is 6.29. The third kappa shape index (κ3) is 4.93. The van der Waals surface area contributed by atoms with E-state index in [1.165, 1.54) is 16.7 Å². The van der Waals surface area contributed by atoms with E-state index < -0.39 is 0 Å². The molecule has 0 aliphatic carbocycles. The van der Waals surface area contributed by atoms with Gasteiger partial charge in [0, 0.05) is 11.6 Å². The maximum absolute atomic E-state index is 12.4. The fourth-order valence-corrected chi connectivity index (χ4v) is 4.05. The first-order valence-electron chi connectivity index (χ1n) is 8.01. The Morgan fingerprint density at radius 3 is 2.59 bits per heavy atom. The zero-order chi connectivity index (χ0) is 19.4. The zero-order valence-corrected chi connectivity index (χ0v) is 17.3. The molecule has 3 rings (SSSR count). The van der Waals surface area contributed by atoms with Crippen LogP contribution < -0.4 is 4.74 Å². The van der Waals surface area contributed by atoms with E-state index >= 15 is 0 Å². The predicted molar refractivity (Wildman–Crippen MR) is 117 cm³/mol. The molecule has 0 saturated carbocycles. The molecule has 0 N–H and O–H groups in total. The molecule has 2 aromatic rings. The average Bonchev–Trinajstić information content (AvgIpc) is 2.90. The lowest BCUT2D eigenvalue weighted by Crippen LogP contribution is -2.27. The van der Waals surface area contributed by atoms with Crippen LogP contribution in [0.1, 0.15) is 11.1 Å². The van der Waals surface area contributed by atoms with E-state index in [4.69, 9.17) is 40.2 Å². The van der Waals surface area contributed by atoms with Crippen LogP contribution in [-0.2, 0) is 11.4 Å². The predicted octanol–water partition coefficient (Wildman–Crippen LogP) is 5.96. The standard InChI is InChI=1S/C20H15Cl2NO2S2/c1-2-9-23-19(24)18(27-20(23)26)11-14-5-8-17(16(22)10-14)25-12-13-3-6-15(21)7-4-13/h2-8,10-11H,1,9,12H2. The Balaban J connectivity index is 1.71. The van der Waals surface area contributed by atoms with E-state index in [9.17, 15) is 4.79 Å². The second-order valence-corrected chi connectivity index (χ2v) is 8.21. The highest BCUT2D eigenvalue weighted by Crippen LogP contribution is 2.34. The van der Waals surface area contributed by atoms with Crippen LogP contribution in [0.15, 0.2) is 60.0 Å². The molecule has 0 atom stereocenters. The van der Waals surface area contributed by atoms with Gasteiger partial charge in [0.1, 0.15) is 16.7 Å². The Bertz CT molecular complexity index is 926. The molecular weight excluding hydrogens is 421 g/mol. The average molecular weight is 436 g/mol. The van der Waals surface area contributed by atoms with Gasteiger partial charge in [0.15, 0.2) is 0 Å². The fourth-order valence-electron chi connectivity index (χ4n) is 2.40. The molecule has 1 fully saturated rings. The summed E-state index contributed by atoms with van der Waals surface area (Å²) in [7, 11) is 0. The molecule has 1 saturated heterocycles. The Hall–Kier alpha value is -1.79. The van der Waals surface area contributed by atoms with Crippen molar-refractivity contribution in [1.29, 1.82) is 0 Å². The number of thiocarbonyl (C=S) groups is 1. The normalized spacial score (nSPS) is 15.5. The number of rotatable bonds is 6. The van der Waals surface area contributed by atoms with Crippen LogP contribution in [0.25, 0.3) is 6.08 Å². The number of benzene rings is 2. The van der Waals surface area contributed by atoms with Crippen molar-refractivity contribution in [2.45, 2.75) is 6.61 Å². The van der Waals surface area contributed by atoms with Crippen LogP contribution in [0.3, 0.4) is 0 Å². The van der Waals surface area contributed by atoms with E-state index in [-0.39, 0.29) is 5.91 Å². The van der Waals surface area contributed by atoms with Crippen LogP contribution in [0.4, 0.5) is 0 Å². The van der Waals surface area contributed by atoms with Crippen LogP contribution in [0, 0.1) is 0 Å². The first-order chi connectivity index (χ1) is 13.0. The molecule has 1 amide bonds. The van der Waals surface area contributed by atoms with Crippen molar-refractivity contribution in [3.05, 3.63) is 81.2 Å². The van der Waals surface area contributed by atoms with Crippen molar-refractivity contribution < 1.29 is 9.53 Å². The third-order valence-corrected chi connectivity index (χ3v) is 5.67. The van der Waals surface area contributed by atoms with Gasteiger partial charge in [-0.15, -0.1) is 6.58 Å². The maximum atomic E-state index is 12.4. The van der Waals surface area contributed by atoms with Crippen molar-refractivity contribution >= 4 is 63.5 Å². The van der Waals surface area contributed by atoms with E-state index in [2.05, 4.69) is 6.58 Å². The fraction of sp³-hybridized carbons (Fsp3) is 0.100. The number of ether oxygens (including phenoxy) is 1. The third-order valence-electron chi connectivity index (χ3n) is 3.75. The molecule has 1 aliphatic heterocycles. The van der Waals surface area contributed by atoms with Gasteiger partial charge in [-0.1, -0.05) is 71.5 Å². The van der Waals surface area contributed by atoms with Crippen LogP contribution in [0.5, 0.6) is 5.75 Å². The molecule has 138 valence electrons. The van der Waals surface area contributed by atoms with Gasteiger partial charge in [-0.2, -0.15) is 0 Å². The summed E-state index contributed by atoms with van der Waals surface area (Å²) in [6, 6.07) is 12.8. The zero-order valence-electron chi connectivity index (χ0n) is 14.2. The molecule has 0 radical (unpaired) electrons. The molecule has 3 nitrogen and oxygen atoms in total. The van der Waals surface area contributed by atoms with Crippen molar-refractivity contribution in [3.63, 3.8) is 0 Å². The van der Waals surface area contributed by atoms with Gasteiger partial charge in [0.05, 0.1) is 9.93 Å². The van der Waals surface area contributed by atoms with Crippen molar-refractivity contribution in [3.8, 4) is 5.75 Å². The number of carbonyl (C=O) groups is 1. The summed E-state index contributed by atoms with van der Waals surface area (Å²) >= 11 is 18.7. The minimum atomic E-state index is -0.121. The van der Waals surface area contributed by atoms with E-state index in [0.29, 0.717) is 38.2 Å². The summed E-state index contributed by atoms with van der Waals surface area (Å²) in [4.78, 5) is 14.5. The number of hydrogen-bond donors (Lipinski definition) is 0. The Kier molecular flexibility index (Phi) is 6.60. The molecule has 1 heterocycles. The van der Waals surface area contributed by atoms with Crippen LogP contribution in [0.2, 0.25) is 10.0 Å². The highest BCUT2D eigenvalue weighted by Gasteiger charge is 2.30. The topological polar surface area (TPSA) is 29.5 Å². The molecular formula is C20H15Cl2NO2S2. The number of hydrogen-bond acceptors (Lipinski definition) is 4. The monoisotopic (exact) mass is 435 g/mol. The summed E-state index contributed by atoms with van der Waals surface area (Å²) in [6.07, 6.45) is 3.43. The maximum Gasteiger partial charge on any atom is 0.266 e. The van der Waals surface area contributed by atoms with Gasteiger partial charge in [-0.05, 0) is 41.5 Å². The summed E-state index contributed by atoms with van der Waals surface area (Å²) in [6.45, 7) is 4.44. The van der Waals surface area contributed by atoms with Gasteiger partial charge < -0.3 is 4.74 Å². The summed E-state index contributed by atoms with van der Waals surface area (Å²) in [5, 5.41) is 1.15. The lowest BCUT2D eigenvalue weighted by atomic mass is 10.2. The Morgan fingerprint density at radius 2 is 1.93 bits per heavy atom. The second-order valence-electron chi connectivity index (χ2n) is 5.69. The largest absolute Gasteiger partial charge is 0.487 e. The van der Waals surface area contributed by atoms with E-state index in [1.54, 1.807) is 24.3 Å². The number of thioether (sulfide) groups is 1. The minimum Gasteiger partial charge on any atom is -0.487 e. The van der Waals surface area contributed by atoms with Gasteiger partial charge >= 0.3 is 0 Å². The second kappa shape index (κ2) is 8.93. The quantitative estimate of drug-likeness (QED) is 0.318. The van der Waals surface area contributed by atoms with Crippen molar-refractivity contribution in [2.75, 3.05) is 6.54 Å². The number of halogens is 2. The van der Waals surface area contributed by atoms with Gasteiger partial charge in [-0.25, -0.2) is 0 Å². The number of amides is 1. The summed E-state index contributed by atoms with van der Waals surface area (Å²) in [5.41, 5.74) is 1.79. The smallest absolute Gasteiger partial charge is 0.266 e. The van der Waals surface area contributed by atoms with E-state index in [0.717, 1.165) is 11.1 Å². The molecule has 0 unspecified atom stereocenters. The lowest BCUT2D eigenvalue weighted by molar-refractivity contribution is -0.121. The van der Waals surface area contributed by atoms with Crippen LogP contribution in [-0.4, -0.2) is 21.7 Å². The van der Waals surface area contributed by atoms with Crippen LogP contribution >= 0.6 is 47.2 Å². The summed E-state index contributed by atoms with van der Waals surface area (Å²) in [5.74, 6) is 0.451. The SMILES string of the molecule is C=CCN1C(=O)C(=Cc2ccc(OCc3ccc(Cl)cc3)c(Cl)c2)SC1=S. The number of carbonyl (C=O) groups excluding carboxylic acids is 1. The molecule has 0 spiro atoms. The molecule has 7 heteroatoms. The van der Waals surface area contributed by atoms with Crippen molar-refractivity contribution in [1.82, 2.24) is 4.90 Å². The number of nitrogens with zero attached hydrogens (tertiary/aromatic N) is 1.